The van der Waals surface area contributed by atoms with E-state index >= 15 is 0 Å². The Morgan fingerprint density at radius 3 is 3.00 bits per heavy atom. The molecule has 1 saturated heterocycles. The zero-order chi connectivity index (χ0) is 10.2. The molecule has 14 heavy (non-hydrogen) atoms. The normalized spacial score (nSPS) is 26.6. The number of aryl methyl sites for hydroxylation is 1. The van der Waals surface area contributed by atoms with Gasteiger partial charge in [-0.15, -0.1) is 0 Å². The fourth-order valence-corrected chi connectivity index (χ4v) is 1.94. The van der Waals surface area contributed by atoms with Crippen molar-refractivity contribution in [2.45, 2.75) is 31.7 Å². The molecule has 0 spiro atoms. The van der Waals surface area contributed by atoms with Crippen molar-refractivity contribution in [2.75, 3.05) is 0 Å². The average molecular weight is 193 g/mol. The number of imidazole rings is 1. The second-order valence-corrected chi connectivity index (χ2v) is 4.28. The van der Waals surface area contributed by atoms with Crippen LogP contribution in [0.15, 0.2) is 12.5 Å². The van der Waals surface area contributed by atoms with E-state index in [1.165, 1.54) is 0 Å². The van der Waals surface area contributed by atoms with Gasteiger partial charge in [-0.05, 0) is 13.3 Å². The molecular weight excluding hydrogens is 178 g/mol. The fourth-order valence-electron chi connectivity index (χ4n) is 1.94. The second-order valence-electron chi connectivity index (χ2n) is 4.28. The lowest BCUT2D eigenvalue weighted by Gasteiger charge is -2.23. The number of rotatable bonds is 2. The van der Waals surface area contributed by atoms with Gasteiger partial charge in [0.2, 0.25) is 5.91 Å². The molecule has 1 aromatic rings. The number of aromatic nitrogens is 2. The van der Waals surface area contributed by atoms with E-state index in [0.717, 1.165) is 18.5 Å². The van der Waals surface area contributed by atoms with Crippen LogP contribution in [-0.2, 0) is 18.3 Å². The zero-order valence-electron chi connectivity index (χ0n) is 8.58. The average Bonchev–Trinajstić information content (AvgIpc) is 2.62. The van der Waals surface area contributed by atoms with Crippen molar-refractivity contribution in [3.63, 3.8) is 0 Å². The van der Waals surface area contributed by atoms with E-state index in [1.54, 1.807) is 6.33 Å². The van der Waals surface area contributed by atoms with Crippen LogP contribution < -0.4 is 5.32 Å². The van der Waals surface area contributed by atoms with E-state index in [1.807, 2.05) is 17.8 Å². The minimum Gasteiger partial charge on any atom is -0.351 e. The van der Waals surface area contributed by atoms with Crippen LogP contribution in [0.25, 0.3) is 0 Å². The number of hydrogen-bond acceptors (Lipinski definition) is 2. The van der Waals surface area contributed by atoms with E-state index in [9.17, 15) is 4.79 Å². The summed E-state index contributed by atoms with van der Waals surface area (Å²) in [6, 6.07) is 0. The monoisotopic (exact) mass is 193 g/mol. The number of hydrogen-bond donors (Lipinski definition) is 1. The Kier molecular flexibility index (Phi) is 2.06. The van der Waals surface area contributed by atoms with Crippen LogP contribution >= 0.6 is 0 Å². The Morgan fingerprint density at radius 1 is 1.71 bits per heavy atom. The maximum atomic E-state index is 11.1. The van der Waals surface area contributed by atoms with Crippen molar-refractivity contribution in [3.05, 3.63) is 18.2 Å². The summed E-state index contributed by atoms with van der Waals surface area (Å²) in [4.78, 5) is 15.2. The van der Waals surface area contributed by atoms with Crippen molar-refractivity contribution >= 4 is 5.91 Å². The molecule has 0 saturated carbocycles. The summed E-state index contributed by atoms with van der Waals surface area (Å²) in [5.74, 6) is 0.162. The van der Waals surface area contributed by atoms with Gasteiger partial charge in [-0.3, -0.25) is 4.79 Å². The lowest BCUT2D eigenvalue weighted by atomic mass is 9.94. The van der Waals surface area contributed by atoms with Crippen LogP contribution in [0.5, 0.6) is 0 Å². The minimum atomic E-state index is -0.0785. The molecule has 1 atom stereocenters. The fraction of sp³-hybridized carbons (Fsp3) is 0.600. The Labute approximate surface area is 83.3 Å². The molecule has 1 aromatic heterocycles. The van der Waals surface area contributed by atoms with Gasteiger partial charge in [-0.25, -0.2) is 4.98 Å². The molecule has 1 aliphatic rings. The van der Waals surface area contributed by atoms with Crippen LogP contribution in [0, 0.1) is 0 Å². The molecule has 2 rings (SSSR count). The highest BCUT2D eigenvalue weighted by atomic mass is 16.2. The first-order valence-electron chi connectivity index (χ1n) is 4.85. The van der Waals surface area contributed by atoms with Gasteiger partial charge >= 0.3 is 0 Å². The summed E-state index contributed by atoms with van der Waals surface area (Å²) < 4.78 is 2.00. The predicted molar refractivity (Wildman–Crippen MR) is 52.7 cm³/mol. The SMILES string of the molecule is Cn1cncc1CC1(C)CCC(=O)N1. The number of nitrogens with one attached hydrogen (secondary N) is 1. The minimum absolute atomic E-state index is 0.0785. The third-order valence-corrected chi connectivity index (χ3v) is 2.83. The smallest absolute Gasteiger partial charge is 0.220 e. The number of carbonyl (C=O) groups is 1. The van der Waals surface area contributed by atoms with Gasteiger partial charge in [0.05, 0.1) is 6.33 Å². The highest BCUT2D eigenvalue weighted by molar-refractivity contribution is 5.79. The quantitative estimate of drug-likeness (QED) is 0.749. The third kappa shape index (κ3) is 1.64. The number of carbonyl (C=O) groups excluding carboxylic acids is 1. The van der Waals surface area contributed by atoms with Gasteiger partial charge in [0.1, 0.15) is 0 Å². The van der Waals surface area contributed by atoms with Gasteiger partial charge in [-0.1, -0.05) is 0 Å². The standard InChI is InChI=1S/C10H15N3O/c1-10(4-3-9(14)12-10)5-8-6-11-7-13(8)2/h6-7H,3-5H2,1-2H3,(H,12,14). The van der Waals surface area contributed by atoms with Crippen LogP contribution in [0.2, 0.25) is 0 Å². The van der Waals surface area contributed by atoms with Gasteiger partial charge in [0.25, 0.3) is 0 Å². The van der Waals surface area contributed by atoms with Gasteiger partial charge in [0, 0.05) is 37.3 Å². The summed E-state index contributed by atoms with van der Waals surface area (Å²) in [7, 11) is 1.97. The molecule has 1 unspecified atom stereocenters. The van der Waals surface area contributed by atoms with E-state index in [0.29, 0.717) is 6.42 Å². The molecular formula is C10H15N3O. The first-order chi connectivity index (χ1) is 6.59. The Morgan fingerprint density at radius 2 is 2.50 bits per heavy atom. The van der Waals surface area contributed by atoms with E-state index in [-0.39, 0.29) is 11.4 Å². The highest BCUT2D eigenvalue weighted by Crippen LogP contribution is 2.23. The van der Waals surface area contributed by atoms with E-state index in [4.69, 9.17) is 0 Å². The number of nitrogens with zero attached hydrogens (tertiary/aromatic N) is 2. The lowest BCUT2D eigenvalue weighted by Crippen LogP contribution is -2.40. The Bertz CT molecular complexity index is 358. The molecule has 4 nitrogen and oxygen atoms in total. The van der Waals surface area contributed by atoms with Crippen molar-refractivity contribution in [2.24, 2.45) is 7.05 Å². The van der Waals surface area contributed by atoms with Gasteiger partial charge in [-0.2, -0.15) is 0 Å². The zero-order valence-corrected chi connectivity index (χ0v) is 8.58. The number of amides is 1. The molecule has 0 aliphatic carbocycles. The molecule has 1 amide bonds. The summed E-state index contributed by atoms with van der Waals surface area (Å²) in [5.41, 5.74) is 1.08. The van der Waals surface area contributed by atoms with Crippen LogP contribution in [0.3, 0.4) is 0 Å². The van der Waals surface area contributed by atoms with Crippen LogP contribution in [0.4, 0.5) is 0 Å². The van der Waals surface area contributed by atoms with Crippen LogP contribution in [-0.4, -0.2) is 21.0 Å². The maximum absolute atomic E-state index is 11.1. The first-order valence-corrected chi connectivity index (χ1v) is 4.85. The predicted octanol–water partition coefficient (Wildman–Crippen LogP) is 0.631. The molecule has 1 fully saturated rings. The molecule has 2 heterocycles. The van der Waals surface area contributed by atoms with Crippen molar-refractivity contribution in [1.29, 1.82) is 0 Å². The summed E-state index contributed by atoms with van der Waals surface area (Å²) in [5, 5.41) is 3.02. The van der Waals surface area contributed by atoms with Crippen molar-refractivity contribution < 1.29 is 4.79 Å². The second kappa shape index (κ2) is 3.12. The Balaban J connectivity index is 2.11. The highest BCUT2D eigenvalue weighted by Gasteiger charge is 2.33. The van der Waals surface area contributed by atoms with Gasteiger partial charge < -0.3 is 9.88 Å². The first kappa shape index (κ1) is 9.24. The molecule has 0 radical (unpaired) electrons. The Hall–Kier alpha value is -1.32. The topological polar surface area (TPSA) is 46.9 Å². The summed E-state index contributed by atoms with van der Waals surface area (Å²) >= 11 is 0. The van der Waals surface area contributed by atoms with E-state index < -0.39 is 0 Å². The largest absolute Gasteiger partial charge is 0.351 e. The molecule has 0 bridgehead atoms. The van der Waals surface area contributed by atoms with Crippen LogP contribution in [0.1, 0.15) is 25.5 Å². The molecule has 1 N–H and O–H groups in total. The van der Waals surface area contributed by atoms with Gasteiger partial charge in [0.15, 0.2) is 0 Å². The van der Waals surface area contributed by atoms with Crippen molar-refractivity contribution in [3.8, 4) is 0 Å². The summed E-state index contributed by atoms with van der Waals surface area (Å²) in [6.45, 7) is 2.09. The third-order valence-electron chi connectivity index (χ3n) is 2.83. The van der Waals surface area contributed by atoms with Crippen molar-refractivity contribution in [1.82, 2.24) is 14.9 Å². The molecule has 76 valence electrons. The maximum Gasteiger partial charge on any atom is 0.220 e. The lowest BCUT2D eigenvalue weighted by molar-refractivity contribution is -0.119. The molecule has 0 aromatic carbocycles. The molecule has 4 heteroatoms. The summed E-state index contributed by atoms with van der Waals surface area (Å²) in [6.07, 6.45) is 6.06. The van der Waals surface area contributed by atoms with E-state index in [2.05, 4.69) is 17.2 Å². The molecule has 1 aliphatic heterocycles.